The number of nitriles is 2. The summed E-state index contributed by atoms with van der Waals surface area (Å²) in [5.41, 5.74) is 2.37. The molecule has 3 rings (SSSR count). The largest absolute Gasteiger partial charge is 0.419 e. The average Bonchev–Trinajstić information content (AvgIpc) is 3.05. The van der Waals surface area contributed by atoms with Crippen LogP contribution in [0.25, 0.3) is 11.5 Å². The van der Waals surface area contributed by atoms with E-state index in [9.17, 15) is 5.26 Å². The summed E-state index contributed by atoms with van der Waals surface area (Å²) in [6.07, 6.45) is 0.545. The molecule has 6 nitrogen and oxygen atoms in total. The Labute approximate surface area is 141 Å². The number of rotatable bonds is 4. The first-order valence-corrected chi connectivity index (χ1v) is 8.03. The first-order valence-electron chi connectivity index (χ1n) is 8.03. The number of hydrogen-bond donors (Lipinski definition) is 0. The zero-order valence-electron chi connectivity index (χ0n) is 13.7. The van der Waals surface area contributed by atoms with E-state index in [1.807, 2.05) is 31.2 Å². The highest BCUT2D eigenvalue weighted by molar-refractivity contribution is 5.60. The number of nitrogens with zero attached hydrogens (tertiary/aromatic N) is 5. The van der Waals surface area contributed by atoms with E-state index in [0.29, 0.717) is 23.9 Å². The molecular weight excluding hydrogens is 302 g/mol. The van der Waals surface area contributed by atoms with Crippen LogP contribution in [0, 0.1) is 29.6 Å². The molecule has 0 spiro atoms. The van der Waals surface area contributed by atoms with Gasteiger partial charge in [-0.3, -0.25) is 4.90 Å². The van der Waals surface area contributed by atoms with Gasteiger partial charge < -0.3 is 9.32 Å². The molecule has 6 heteroatoms. The van der Waals surface area contributed by atoms with Gasteiger partial charge in [-0.05, 0) is 19.1 Å². The highest BCUT2D eigenvalue weighted by Crippen LogP contribution is 2.29. The lowest BCUT2D eigenvalue weighted by Crippen LogP contribution is -2.46. The monoisotopic (exact) mass is 321 g/mol. The third-order valence-corrected chi connectivity index (χ3v) is 4.21. The van der Waals surface area contributed by atoms with E-state index in [2.05, 4.69) is 26.9 Å². The Balaban J connectivity index is 1.76. The second kappa shape index (κ2) is 7.16. The maximum atomic E-state index is 9.38. The molecule has 0 amide bonds. The summed E-state index contributed by atoms with van der Waals surface area (Å²) in [6, 6.07) is 12.2. The summed E-state index contributed by atoms with van der Waals surface area (Å²) in [5.74, 6) is 1.03. The van der Waals surface area contributed by atoms with E-state index in [1.165, 1.54) is 5.56 Å². The summed E-state index contributed by atoms with van der Waals surface area (Å²) in [4.78, 5) is 8.66. The minimum atomic E-state index is 0.330. The standard InChI is InChI=1S/C18H19N5O/c1-14-3-5-15(6-4-14)17-21-16(13-20)18(24-17)23-11-9-22(10-12-23)8-2-7-19/h3-6H,2,8-12H2,1H3. The molecule has 1 fully saturated rings. The number of aryl methyl sites for hydroxylation is 1. The predicted molar refractivity (Wildman–Crippen MR) is 90.3 cm³/mol. The van der Waals surface area contributed by atoms with Crippen LogP contribution in [-0.2, 0) is 0 Å². The van der Waals surface area contributed by atoms with Gasteiger partial charge in [-0.1, -0.05) is 17.7 Å². The average molecular weight is 321 g/mol. The Kier molecular flexibility index (Phi) is 4.79. The van der Waals surface area contributed by atoms with Gasteiger partial charge in [0.2, 0.25) is 17.5 Å². The number of aromatic nitrogens is 1. The number of benzene rings is 1. The molecular formula is C18H19N5O. The highest BCUT2D eigenvalue weighted by Gasteiger charge is 2.24. The maximum absolute atomic E-state index is 9.38. The van der Waals surface area contributed by atoms with Gasteiger partial charge in [0.1, 0.15) is 6.07 Å². The van der Waals surface area contributed by atoms with Crippen LogP contribution in [0.4, 0.5) is 5.88 Å². The lowest BCUT2D eigenvalue weighted by atomic mass is 10.1. The Morgan fingerprint density at radius 2 is 1.83 bits per heavy atom. The number of piperazine rings is 1. The number of hydrogen-bond acceptors (Lipinski definition) is 6. The summed E-state index contributed by atoms with van der Waals surface area (Å²) in [5, 5.41) is 18.1. The highest BCUT2D eigenvalue weighted by atomic mass is 16.4. The summed E-state index contributed by atoms with van der Waals surface area (Å²) < 4.78 is 5.91. The molecule has 0 aliphatic carbocycles. The summed E-state index contributed by atoms with van der Waals surface area (Å²) >= 11 is 0. The van der Waals surface area contributed by atoms with Crippen molar-refractivity contribution in [3.63, 3.8) is 0 Å². The molecule has 2 aromatic rings. The van der Waals surface area contributed by atoms with E-state index in [-0.39, 0.29) is 0 Å². The van der Waals surface area contributed by atoms with Crippen LogP contribution in [0.1, 0.15) is 17.7 Å². The minimum absolute atomic E-state index is 0.330. The van der Waals surface area contributed by atoms with Gasteiger partial charge in [0.25, 0.3) is 0 Å². The van der Waals surface area contributed by atoms with E-state index in [4.69, 9.17) is 9.68 Å². The molecule has 0 N–H and O–H groups in total. The second-order valence-corrected chi connectivity index (χ2v) is 5.89. The first-order chi connectivity index (χ1) is 11.7. The van der Waals surface area contributed by atoms with Gasteiger partial charge in [0.05, 0.1) is 6.07 Å². The zero-order chi connectivity index (χ0) is 16.9. The van der Waals surface area contributed by atoms with E-state index < -0.39 is 0 Å². The van der Waals surface area contributed by atoms with Gasteiger partial charge in [0, 0.05) is 44.7 Å². The van der Waals surface area contributed by atoms with Gasteiger partial charge in [0.15, 0.2) is 0 Å². The third kappa shape index (κ3) is 3.40. The summed E-state index contributed by atoms with van der Waals surface area (Å²) in [7, 11) is 0. The predicted octanol–water partition coefficient (Wildman–Crippen LogP) is 2.56. The molecule has 1 aliphatic rings. The van der Waals surface area contributed by atoms with E-state index >= 15 is 0 Å². The molecule has 2 heterocycles. The fraction of sp³-hybridized carbons (Fsp3) is 0.389. The first kappa shape index (κ1) is 16.0. The van der Waals surface area contributed by atoms with Crippen LogP contribution >= 0.6 is 0 Å². The van der Waals surface area contributed by atoms with Crippen molar-refractivity contribution >= 4 is 5.88 Å². The molecule has 1 aromatic heterocycles. The van der Waals surface area contributed by atoms with Crippen molar-refractivity contribution in [1.82, 2.24) is 9.88 Å². The molecule has 0 unspecified atom stereocenters. The Bertz CT molecular complexity index is 773. The van der Waals surface area contributed by atoms with Gasteiger partial charge in [-0.25, -0.2) is 0 Å². The number of anilines is 1. The van der Waals surface area contributed by atoms with Crippen molar-refractivity contribution in [2.45, 2.75) is 13.3 Å². The zero-order valence-corrected chi connectivity index (χ0v) is 13.7. The SMILES string of the molecule is Cc1ccc(-c2nc(C#N)c(N3CCN(CCC#N)CC3)o2)cc1. The molecule has 1 aromatic carbocycles. The van der Waals surface area contributed by atoms with Crippen molar-refractivity contribution in [2.75, 3.05) is 37.6 Å². The smallest absolute Gasteiger partial charge is 0.235 e. The molecule has 1 saturated heterocycles. The van der Waals surface area contributed by atoms with Crippen molar-refractivity contribution in [2.24, 2.45) is 0 Å². The lowest BCUT2D eigenvalue weighted by Gasteiger charge is -2.33. The van der Waals surface area contributed by atoms with Crippen molar-refractivity contribution in [1.29, 1.82) is 10.5 Å². The molecule has 0 atom stereocenters. The van der Waals surface area contributed by atoms with Crippen LogP contribution < -0.4 is 4.90 Å². The quantitative estimate of drug-likeness (QED) is 0.861. The summed E-state index contributed by atoms with van der Waals surface area (Å²) in [6.45, 7) is 6.06. The topological polar surface area (TPSA) is 80.1 Å². The van der Waals surface area contributed by atoms with Crippen LogP contribution in [0.2, 0.25) is 0 Å². The van der Waals surface area contributed by atoms with Crippen molar-refractivity contribution in [3.05, 3.63) is 35.5 Å². The lowest BCUT2D eigenvalue weighted by molar-refractivity contribution is 0.259. The third-order valence-electron chi connectivity index (χ3n) is 4.21. The van der Waals surface area contributed by atoms with Crippen LogP contribution in [0.5, 0.6) is 0 Å². The second-order valence-electron chi connectivity index (χ2n) is 5.89. The maximum Gasteiger partial charge on any atom is 0.235 e. The molecule has 0 saturated carbocycles. The van der Waals surface area contributed by atoms with E-state index in [1.54, 1.807) is 0 Å². The molecule has 0 bridgehead atoms. The van der Waals surface area contributed by atoms with E-state index in [0.717, 1.165) is 38.3 Å². The van der Waals surface area contributed by atoms with Crippen LogP contribution in [0.3, 0.4) is 0 Å². The van der Waals surface area contributed by atoms with Crippen molar-refractivity contribution < 1.29 is 4.42 Å². The molecule has 24 heavy (non-hydrogen) atoms. The van der Waals surface area contributed by atoms with Gasteiger partial charge >= 0.3 is 0 Å². The molecule has 122 valence electrons. The Hall–Kier alpha value is -2.83. The van der Waals surface area contributed by atoms with Gasteiger partial charge in [-0.2, -0.15) is 15.5 Å². The Morgan fingerprint density at radius 1 is 1.12 bits per heavy atom. The molecule has 1 aliphatic heterocycles. The number of oxazole rings is 1. The Morgan fingerprint density at radius 3 is 2.46 bits per heavy atom. The normalized spacial score (nSPS) is 15.0. The molecule has 0 radical (unpaired) electrons. The fourth-order valence-corrected chi connectivity index (χ4v) is 2.80. The van der Waals surface area contributed by atoms with Crippen molar-refractivity contribution in [3.8, 4) is 23.6 Å². The fourth-order valence-electron chi connectivity index (χ4n) is 2.80. The minimum Gasteiger partial charge on any atom is -0.419 e. The van der Waals surface area contributed by atoms with Crippen LogP contribution in [-0.4, -0.2) is 42.6 Å². The van der Waals surface area contributed by atoms with Gasteiger partial charge in [-0.15, -0.1) is 0 Å². The van der Waals surface area contributed by atoms with Crippen LogP contribution in [0.15, 0.2) is 28.7 Å².